The van der Waals surface area contributed by atoms with E-state index in [1.54, 1.807) is 13.0 Å². The number of hydrogen-bond acceptors (Lipinski definition) is 4. The molecule has 2 aliphatic carbocycles. The average molecular weight is 379 g/mol. The summed E-state index contributed by atoms with van der Waals surface area (Å²) in [5.41, 5.74) is -0.608. The van der Waals surface area contributed by atoms with Crippen LogP contribution >= 0.6 is 0 Å². The summed E-state index contributed by atoms with van der Waals surface area (Å²) in [6.07, 6.45) is 8.85. The Morgan fingerprint density at radius 2 is 1.96 bits per heavy atom. The van der Waals surface area contributed by atoms with E-state index in [-0.39, 0.29) is 23.8 Å². The van der Waals surface area contributed by atoms with Gasteiger partial charge in [0, 0.05) is 6.04 Å². The summed E-state index contributed by atoms with van der Waals surface area (Å²) < 4.78 is 5.13. The molecule has 3 atom stereocenters. The molecule has 3 unspecified atom stereocenters. The molecule has 0 heterocycles. The van der Waals surface area contributed by atoms with Gasteiger partial charge < -0.3 is 15.2 Å². The van der Waals surface area contributed by atoms with Crippen LogP contribution in [0.3, 0.4) is 0 Å². The molecule has 2 fully saturated rings. The number of carbonyl (C=O) groups is 3. The maximum absolute atomic E-state index is 13.2. The molecule has 1 amide bonds. The van der Waals surface area contributed by atoms with Gasteiger partial charge in [-0.1, -0.05) is 25.3 Å². The predicted octanol–water partition coefficient (Wildman–Crippen LogP) is 3.45. The standard InChI is InChI=1S/C21H33NO5/c1-3-8-16(18(23)24)14-21(11-5-6-12-21)20(26)22-17-10-7-9-15(13-17)19(25)27-4-2/h3,15-17H,1,4-14H2,2H3,(H,22,26)(H,23,24). The summed E-state index contributed by atoms with van der Waals surface area (Å²) >= 11 is 0. The van der Waals surface area contributed by atoms with Crippen LogP contribution in [0, 0.1) is 17.3 Å². The Labute approximate surface area is 161 Å². The van der Waals surface area contributed by atoms with Crippen LogP contribution in [-0.4, -0.2) is 35.6 Å². The van der Waals surface area contributed by atoms with Crippen molar-refractivity contribution in [2.45, 2.75) is 77.2 Å². The van der Waals surface area contributed by atoms with Crippen molar-refractivity contribution in [3.05, 3.63) is 12.7 Å². The third kappa shape index (κ3) is 5.56. The maximum Gasteiger partial charge on any atom is 0.308 e. The number of allylic oxidation sites excluding steroid dienone is 1. The minimum atomic E-state index is -0.867. The molecule has 152 valence electrons. The van der Waals surface area contributed by atoms with E-state index >= 15 is 0 Å². The van der Waals surface area contributed by atoms with Gasteiger partial charge in [0.2, 0.25) is 5.91 Å². The van der Waals surface area contributed by atoms with E-state index in [4.69, 9.17) is 4.74 Å². The number of amides is 1. The molecule has 0 bridgehead atoms. The lowest BCUT2D eigenvalue weighted by atomic mass is 9.75. The van der Waals surface area contributed by atoms with Gasteiger partial charge in [-0.05, 0) is 51.9 Å². The normalized spacial score (nSPS) is 25.4. The molecule has 0 spiro atoms. The van der Waals surface area contributed by atoms with Crippen LogP contribution in [0.1, 0.15) is 71.1 Å². The van der Waals surface area contributed by atoms with Crippen LogP contribution in [0.4, 0.5) is 0 Å². The predicted molar refractivity (Wildman–Crippen MR) is 102 cm³/mol. The van der Waals surface area contributed by atoms with Gasteiger partial charge in [-0.3, -0.25) is 14.4 Å². The van der Waals surface area contributed by atoms with Crippen molar-refractivity contribution in [1.82, 2.24) is 5.32 Å². The molecular weight excluding hydrogens is 346 g/mol. The van der Waals surface area contributed by atoms with Gasteiger partial charge in [0.25, 0.3) is 0 Å². The molecule has 0 aromatic heterocycles. The number of aliphatic carboxylic acids is 1. The van der Waals surface area contributed by atoms with Crippen molar-refractivity contribution in [3.8, 4) is 0 Å². The van der Waals surface area contributed by atoms with E-state index in [1.165, 1.54) is 0 Å². The monoisotopic (exact) mass is 379 g/mol. The Morgan fingerprint density at radius 3 is 2.56 bits per heavy atom. The van der Waals surface area contributed by atoms with Crippen molar-refractivity contribution in [2.75, 3.05) is 6.61 Å². The van der Waals surface area contributed by atoms with E-state index in [0.717, 1.165) is 44.9 Å². The van der Waals surface area contributed by atoms with Crippen molar-refractivity contribution in [1.29, 1.82) is 0 Å². The SMILES string of the molecule is C=CCC(CC1(C(=O)NC2CCCC(C(=O)OCC)C2)CCCC1)C(=O)O. The van der Waals surface area contributed by atoms with Crippen molar-refractivity contribution in [2.24, 2.45) is 17.3 Å². The molecule has 2 saturated carbocycles. The minimum Gasteiger partial charge on any atom is -0.481 e. The summed E-state index contributed by atoms with van der Waals surface area (Å²) in [4.78, 5) is 36.8. The molecule has 6 nitrogen and oxygen atoms in total. The van der Waals surface area contributed by atoms with Crippen molar-refractivity contribution in [3.63, 3.8) is 0 Å². The van der Waals surface area contributed by atoms with Crippen LogP contribution < -0.4 is 5.32 Å². The number of esters is 1. The number of rotatable bonds is 9. The van der Waals surface area contributed by atoms with Gasteiger partial charge in [-0.25, -0.2) is 0 Å². The third-order valence-electron chi connectivity index (χ3n) is 6.11. The highest BCUT2D eigenvalue weighted by Gasteiger charge is 2.44. The minimum absolute atomic E-state index is 0.0372. The molecule has 2 N–H and O–H groups in total. The topological polar surface area (TPSA) is 92.7 Å². The summed E-state index contributed by atoms with van der Waals surface area (Å²) in [6.45, 7) is 5.82. The Balaban J connectivity index is 2.03. The number of carbonyl (C=O) groups excluding carboxylic acids is 2. The summed E-state index contributed by atoms with van der Waals surface area (Å²) in [6, 6.07) is -0.0409. The van der Waals surface area contributed by atoms with Crippen molar-refractivity contribution >= 4 is 17.8 Å². The molecule has 0 radical (unpaired) electrons. The lowest BCUT2D eigenvalue weighted by molar-refractivity contribution is -0.150. The quantitative estimate of drug-likeness (QED) is 0.473. The van der Waals surface area contributed by atoms with Gasteiger partial charge in [-0.15, -0.1) is 6.58 Å². The molecular formula is C21H33NO5. The Morgan fingerprint density at radius 1 is 1.26 bits per heavy atom. The van der Waals surface area contributed by atoms with Gasteiger partial charge in [0.15, 0.2) is 0 Å². The van der Waals surface area contributed by atoms with E-state index in [2.05, 4.69) is 11.9 Å². The molecule has 0 aliphatic heterocycles. The highest BCUT2D eigenvalue weighted by Crippen LogP contribution is 2.44. The summed E-state index contributed by atoms with van der Waals surface area (Å²) in [5.74, 6) is -1.82. The molecule has 6 heteroatoms. The number of hydrogen-bond donors (Lipinski definition) is 2. The Kier molecular flexibility index (Phi) is 7.87. The first kappa shape index (κ1) is 21.5. The zero-order valence-corrected chi connectivity index (χ0v) is 16.4. The molecule has 2 rings (SSSR count). The van der Waals surface area contributed by atoms with Crippen molar-refractivity contribution < 1.29 is 24.2 Å². The highest BCUT2D eigenvalue weighted by molar-refractivity contribution is 5.84. The second-order valence-electron chi connectivity index (χ2n) is 8.04. The first-order chi connectivity index (χ1) is 12.9. The van der Waals surface area contributed by atoms with Crippen LogP contribution in [-0.2, 0) is 19.1 Å². The molecule has 0 saturated heterocycles. The fourth-order valence-electron chi connectivity index (χ4n) is 4.65. The fourth-order valence-corrected chi connectivity index (χ4v) is 4.65. The zero-order valence-electron chi connectivity index (χ0n) is 16.4. The van der Waals surface area contributed by atoms with E-state index in [9.17, 15) is 19.5 Å². The summed E-state index contributed by atoms with van der Waals surface area (Å²) in [7, 11) is 0. The lowest BCUT2D eigenvalue weighted by Gasteiger charge is -2.34. The fraction of sp³-hybridized carbons (Fsp3) is 0.762. The first-order valence-electron chi connectivity index (χ1n) is 10.2. The Hall–Kier alpha value is -1.85. The van der Waals surface area contributed by atoms with Gasteiger partial charge in [0.1, 0.15) is 0 Å². The maximum atomic E-state index is 13.2. The number of ether oxygens (including phenoxy) is 1. The molecule has 27 heavy (non-hydrogen) atoms. The molecule has 2 aliphatic rings. The average Bonchev–Trinajstić information content (AvgIpc) is 3.11. The zero-order chi connectivity index (χ0) is 19.9. The van der Waals surface area contributed by atoms with Crippen LogP contribution in [0.15, 0.2) is 12.7 Å². The second-order valence-corrected chi connectivity index (χ2v) is 8.04. The number of carboxylic acid groups (broad SMARTS) is 1. The Bertz CT molecular complexity index is 553. The second kappa shape index (κ2) is 9.90. The van der Waals surface area contributed by atoms with E-state index in [1.807, 2.05) is 0 Å². The third-order valence-corrected chi connectivity index (χ3v) is 6.11. The van der Waals surface area contributed by atoms with Gasteiger partial charge in [-0.2, -0.15) is 0 Å². The number of nitrogens with one attached hydrogen (secondary N) is 1. The van der Waals surface area contributed by atoms with E-state index < -0.39 is 17.3 Å². The van der Waals surface area contributed by atoms with E-state index in [0.29, 0.717) is 25.9 Å². The molecule has 0 aromatic carbocycles. The first-order valence-corrected chi connectivity index (χ1v) is 10.2. The summed E-state index contributed by atoms with van der Waals surface area (Å²) in [5, 5.41) is 12.6. The molecule has 0 aromatic rings. The van der Waals surface area contributed by atoms with Crippen LogP contribution in [0.25, 0.3) is 0 Å². The smallest absolute Gasteiger partial charge is 0.308 e. The number of carboxylic acids is 1. The van der Waals surface area contributed by atoms with Crippen LogP contribution in [0.2, 0.25) is 0 Å². The van der Waals surface area contributed by atoms with Gasteiger partial charge >= 0.3 is 11.9 Å². The lowest BCUT2D eigenvalue weighted by Crippen LogP contribution is -2.47. The largest absolute Gasteiger partial charge is 0.481 e. The van der Waals surface area contributed by atoms with Crippen LogP contribution in [0.5, 0.6) is 0 Å². The highest BCUT2D eigenvalue weighted by atomic mass is 16.5. The van der Waals surface area contributed by atoms with Gasteiger partial charge in [0.05, 0.1) is 23.9 Å².